The summed E-state index contributed by atoms with van der Waals surface area (Å²) in [5.41, 5.74) is 2.69. The highest BCUT2D eigenvalue weighted by Gasteiger charge is 2.28. The Balaban J connectivity index is 1.62. The molecule has 5 rings (SSSR count). The number of carbonyl (C=O) groups is 1. The van der Waals surface area contributed by atoms with E-state index < -0.39 is 11.6 Å². The lowest BCUT2D eigenvalue weighted by molar-refractivity contribution is -0.117. The second-order valence-corrected chi connectivity index (χ2v) is 8.17. The topological polar surface area (TPSA) is 58.9 Å². The minimum Gasteiger partial charge on any atom is -0.375 e. The van der Waals surface area contributed by atoms with Crippen molar-refractivity contribution >= 4 is 17.2 Å². The predicted molar refractivity (Wildman–Crippen MR) is 113 cm³/mol. The summed E-state index contributed by atoms with van der Waals surface area (Å²) in [6.07, 6.45) is 3.32. The Hall–Kier alpha value is -2.84. The van der Waals surface area contributed by atoms with Gasteiger partial charge in [0.2, 0.25) is 5.91 Å². The number of aromatic nitrogens is 2. The lowest BCUT2D eigenvalue weighted by Crippen LogP contribution is -2.39. The molecule has 2 aliphatic heterocycles. The molecule has 0 aliphatic carbocycles. The van der Waals surface area contributed by atoms with Gasteiger partial charge in [-0.2, -0.15) is 0 Å². The van der Waals surface area contributed by atoms with Gasteiger partial charge < -0.3 is 19.4 Å². The first kappa shape index (κ1) is 20.1. The normalized spacial score (nSPS) is 19.5. The molecule has 8 heteroatoms. The van der Waals surface area contributed by atoms with Crippen LogP contribution in [0.4, 0.5) is 14.5 Å². The van der Waals surface area contributed by atoms with Crippen molar-refractivity contribution in [2.75, 3.05) is 31.1 Å². The molecule has 0 spiro atoms. The second kappa shape index (κ2) is 8.01. The minimum absolute atomic E-state index is 0.110. The fraction of sp³-hybridized carbons (Fsp3) is 0.391. The molecule has 0 saturated carbocycles. The highest BCUT2D eigenvalue weighted by molar-refractivity contribution is 5.95. The monoisotopic (exact) mass is 426 g/mol. The largest absolute Gasteiger partial charge is 0.375 e. The number of nitrogens with zero attached hydrogens (tertiary/aromatic N) is 3. The molecule has 1 amide bonds. The average molecular weight is 426 g/mol. The van der Waals surface area contributed by atoms with E-state index in [1.807, 2.05) is 29.7 Å². The van der Waals surface area contributed by atoms with E-state index >= 15 is 8.78 Å². The van der Waals surface area contributed by atoms with Gasteiger partial charge in [-0.25, -0.2) is 13.8 Å². The van der Waals surface area contributed by atoms with Crippen molar-refractivity contribution in [2.45, 2.75) is 32.3 Å². The van der Waals surface area contributed by atoms with Gasteiger partial charge in [-0.15, -0.1) is 0 Å². The number of morpholine rings is 1. The fourth-order valence-corrected chi connectivity index (χ4v) is 4.42. The van der Waals surface area contributed by atoms with Crippen LogP contribution in [0.3, 0.4) is 0 Å². The number of rotatable bonds is 4. The van der Waals surface area contributed by atoms with Crippen LogP contribution in [0.1, 0.15) is 24.1 Å². The van der Waals surface area contributed by atoms with Crippen LogP contribution in [-0.2, 0) is 16.0 Å². The summed E-state index contributed by atoms with van der Waals surface area (Å²) < 4.78 is 38.3. The summed E-state index contributed by atoms with van der Waals surface area (Å²) in [6, 6.07) is 6.30. The molecule has 2 saturated heterocycles. The number of hydrogen-bond acceptors (Lipinski definition) is 4. The summed E-state index contributed by atoms with van der Waals surface area (Å²) >= 11 is 0. The molecule has 2 aliphatic rings. The number of carbonyl (C=O) groups excluding carboxylic acids is 1. The molecule has 3 aromatic rings. The fourth-order valence-electron chi connectivity index (χ4n) is 4.42. The maximum Gasteiger partial charge on any atom is 0.227 e. The van der Waals surface area contributed by atoms with Crippen LogP contribution in [0.5, 0.6) is 0 Å². The SMILES string of the molecule is Cc1ccn2c(C[C@H]3CNCCO3)c(-c3c(F)cc(N4CCCC4=O)cc3F)nc2c1. The summed E-state index contributed by atoms with van der Waals surface area (Å²) in [5.74, 6) is -1.56. The molecule has 2 aromatic heterocycles. The van der Waals surface area contributed by atoms with Gasteiger partial charge in [0.25, 0.3) is 0 Å². The molecule has 2 fully saturated rings. The van der Waals surface area contributed by atoms with Crippen LogP contribution in [-0.4, -0.2) is 47.6 Å². The van der Waals surface area contributed by atoms with Crippen molar-refractivity contribution in [3.8, 4) is 11.3 Å². The number of aryl methyl sites for hydroxylation is 1. The summed E-state index contributed by atoms with van der Waals surface area (Å²) in [6.45, 7) is 4.47. The lowest BCUT2D eigenvalue weighted by Gasteiger charge is -2.24. The van der Waals surface area contributed by atoms with Gasteiger partial charge >= 0.3 is 0 Å². The van der Waals surface area contributed by atoms with E-state index in [-0.39, 0.29) is 29.0 Å². The molecule has 1 aromatic carbocycles. The van der Waals surface area contributed by atoms with Gasteiger partial charge in [-0.05, 0) is 43.2 Å². The highest BCUT2D eigenvalue weighted by Crippen LogP contribution is 2.34. The van der Waals surface area contributed by atoms with Crippen molar-refractivity contribution in [1.29, 1.82) is 0 Å². The Morgan fingerprint density at radius 2 is 2.06 bits per heavy atom. The quantitative estimate of drug-likeness (QED) is 0.696. The molecule has 162 valence electrons. The first-order chi connectivity index (χ1) is 15.0. The lowest BCUT2D eigenvalue weighted by atomic mass is 10.0. The van der Waals surface area contributed by atoms with Crippen LogP contribution < -0.4 is 10.2 Å². The summed E-state index contributed by atoms with van der Waals surface area (Å²) in [7, 11) is 0. The molecule has 4 heterocycles. The Kier molecular flexibility index (Phi) is 5.19. The number of hydrogen-bond donors (Lipinski definition) is 1. The van der Waals surface area contributed by atoms with Crippen LogP contribution in [0.25, 0.3) is 16.9 Å². The zero-order valence-electron chi connectivity index (χ0n) is 17.3. The Morgan fingerprint density at radius 3 is 2.74 bits per heavy atom. The van der Waals surface area contributed by atoms with E-state index in [0.717, 1.165) is 12.1 Å². The van der Waals surface area contributed by atoms with Gasteiger partial charge in [0.15, 0.2) is 0 Å². The van der Waals surface area contributed by atoms with Crippen molar-refractivity contribution in [3.63, 3.8) is 0 Å². The van der Waals surface area contributed by atoms with Gasteiger partial charge in [0, 0.05) is 44.4 Å². The Morgan fingerprint density at radius 1 is 1.26 bits per heavy atom. The number of halogens is 2. The maximum atomic E-state index is 15.3. The molecule has 31 heavy (non-hydrogen) atoms. The van der Waals surface area contributed by atoms with E-state index in [2.05, 4.69) is 10.3 Å². The van der Waals surface area contributed by atoms with Crippen molar-refractivity contribution in [3.05, 3.63) is 53.4 Å². The Labute approximate surface area is 178 Å². The van der Waals surface area contributed by atoms with Crippen molar-refractivity contribution in [1.82, 2.24) is 14.7 Å². The number of ether oxygens (including phenoxy) is 1. The average Bonchev–Trinajstić information content (AvgIpc) is 3.32. The standard InChI is InChI=1S/C23H24F2N4O2/c1-14-4-7-29-19(12-16-13-26-5-8-31-16)23(27-20(29)9-14)22-17(24)10-15(11-18(22)25)28-6-2-3-21(28)30/h4,7,9-11,16,26H,2-3,5-6,8,12-13H2,1H3/t16-/m0/s1. The molecule has 1 N–H and O–H groups in total. The first-order valence-corrected chi connectivity index (χ1v) is 10.6. The highest BCUT2D eigenvalue weighted by atomic mass is 19.1. The molecule has 0 radical (unpaired) electrons. The van der Waals surface area contributed by atoms with E-state index in [1.54, 1.807) is 0 Å². The number of amides is 1. The van der Waals surface area contributed by atoms with Gasteiger partial charge in [-0.1, -0.05) is 0 Å². The first-order valence-electron chi connectivity index (χ1n) is 10.6. The van der Waals surface area contributed by atoms with Crippen molar-refractivity contribution in [2.24, 2.45) is 0 Å². The number of fused-ring (bicyclic) bond motifs is 1. The minimum atomic E-state index is -0.723. The third-order valence-electron chi connectivity index (χ3n) is 5.95. The van der Waals surface area contributed by atoms with Crippen LogP contribution in [0.15, 0.2) is 30.5 Å². The third-order valence-corrected chi connectivity index (χ3v) is 5.95. The van der Waals surface area contributed by atoms with Gasteiger partial charge in [0.05, 0.1) is 29.7 Å². The van der Waals surface area contributed by atoms with E-state index in [9.17, 15) is 4.79 Å². The summed E-state index contributed by atoms with van der Waals surface area (Å²) in [4.78, 5) is 18.1. The third kappa shape index (κ3) is 3.70. The van der Waals surface area contributed by atoms with Crippen LogP contribution in [0, 0.1) is 18.6 Å². The predicted octanol–water partition coefficient (Wildman–Crippen LogP) is 3.25. The number of anilines is 1. The molecule has 0 unspecified atom stereocenters. The Bertz CT molecular complexity index is 1130. The smallest absolute Gasteiger partial charge is 0.227 e. The zero-order chi connectivity index (χ0) is 21.5. The number of imidazole rings is 1. The van der Waals surface area contributed by atoms with E-state index in [4.69, 9.17) is 4.74 Å². The zero-order valence-corrected chi connectivity index (χ0v) is 17.3. The molecular weight excluding hydrogens is 402 g/mol. The molecule has 1 atom stereocenters. The van der Waals surface area contributed by atoms with E-state index in [0.29, 0.717) is 50.3 Å². The summed E-state index contributed by atoms with van der Waals surface area (Å²) in [5, 5.41) is 3.29. The van der Waals surface area contributed by atoms with Crippen LogP contribution >= 0.6 is 0 Å². The number of benzene rings is 1. The number of nitrogens with one attached hydrogen (secondary N) is 1. The molecule has 6 nitrogen and oxygen atoms in total. The van der Waals surface area contributed by atoms with E-state index in [1.165, 1.54) is 17.0 Å². The maximum absolute atomic E-state index is 15.3. The molecule has 0 bridgehead atoms. The van der Waals surface area contributed by atoms with Gasteiger partial charge in [0.1, 0.15) is 17.3 Å². The second-order valence-electron chi connectivity index (χ2n) is 8.17. The van der Waals surface area contributed by atoms with Gasteiger partial charge in [-0.3, -0.25) is 4.79 Å². The van der Waals surface area contributed by atoms with Crippen molar-refractivity contribution < 1.29 is 18.3 Å². The van der Waals surface area contributed by atoms with Crippen LogP contribution in [0.2, 0.25) is 0 Å². The number of pyridine rings is 1. The molecular formula is C23H24F2N4O2.